The van der Waals surface area contributed by atoms with Crippen LogP contribution in [0.2, 0.25) is 0 Å². The normalized spacial score (nSPS) is 20.4. The van der Waals surface area contributed by atoms with Crippen molar-refractivity contribution >= 4 is 33.4 Å². The van der Waals surface area contributed by atoms with Crippen LogP contribution in [0.25, 0.3) is 0 Å². The van der Waals surface area contributed by atoms with Crippen molar-refractivity contribution in [3.8, 4) is 0 Å². The van der Waals surface area contributed by atoms with E-state index in [1.807, 2.05) is 27.0 Å². The quantitative estimate of drug-likeness (QED) is 0.771. The number of halogens is 1. The predicted octanol–water partition coefficient (Wildman–Crippen LogP) is 4.02. The number of carbonyl (C=O) groups is 1. The zero-order chi connectivity index (χ0) is 14.0. The Bertz CT molecular complexity index is 456. The van der Waals surface area contributed by atoms with Gasteiger partial charge in [0.05, 0.1) is 15.0 Å². The first kappa shape index (κ1) is 14.8. The van der Waals surface area contributed by atoms with Crippen molar-refractivity contribution in [3.05, 3.63) is 15.0 Å². The second-order valence-electron chi connectivity index (χ2n) is 5.77. The zero-order valence-corrected chi connectivity index (χ0v) is 13.9. The van der Waals surface area contributed by atoms with E-state index in [1.165, 1.54) is 0 Å². The summed E-state index contributed by atoms with van der Waals surface area (Å²) in [6.45, 7) is 7.16. The summed E-state index contributed by atoms with van der Waals surface area (Å²) in [4.78, 5) is 18.3. The van der Waals surface area contributed by atoms with Gasteiger partial charge in [-0.2, -0.15) is 0 Å². The van der Waals surface area contributed by atoms with Crippen LogP contribution >= 0.6 is 27.3 Å². The van der Waals surface area contributed by atoms with E-state index in [4.69, 9.17) is 4.74 Å². The number of thiazole rings is 1. The number of ether oxygens (including phenoxy) is 1. The lowest BCUT2D eigenvalue weighted by atomic mass is 9.99. The molecule has 0 bridgehead atoms. The van der Waals surface area contributed by atoms with Crippen LogP contribution in [0.5, 0.6) is 0 Å². The summed E-state index contributed by atoms with van der Waals surface area (Å²) in [5, 5.41) is 1.10. The molecule has 1 aliphatic heterocycles. The Balaban J connectivity index is 1.99. The third kappa shape index (κ3) is 4.18. The number of hydrogen-bond acceptors (Lipinski definition) is 4. The summed E-state index contributed by atoms with van der Waals surface area (Å²) in [7, 11) is 0. The number of rotatable bonds is 1. The van der Waals surface area contributed by atoms with E-state index in [0.29, 0.717) is 12.5 Å². The molecule has 6 heteroatoms. The highest BCUT2D eigenvalue weighted by atomic mass is 79.9. The molecule has 0 radical (unpaired) electrons. The molecule has 1 unspecified atom stereocenters. The molecule has 2 heterocycles. The molecule has 1 aromatic rings. The van der Waals surface area contributed by atoms with Gasteiger partial charge < -0.3 is 9.64 Å². The van der Waals surface area contributed by atoms with E-state index in [9.17, 15) is 4.79 Å². The van der Waals surface area contributed by atoms with Crippen molar-refractivity contribution in [1.82, 2.24) is 9.88 Å². The minimum absolute atomic E-state index is 0.215. The van der Waals surface area contributed by atoms with Crippen LogP contribution in [-0.2, 0) is 4.74 Å². The number of carbonyl (C=O) groups excluding carboxylic acids is 1. The van der Waals surface area contributed by atoms with E-state index in [2.05, 4.69) is 20.9 Å². The smallest absolute Gasteiger partial charge is 0.410 e. The van der Waals surface area contributed by atoms with Crippen LogP contribution in [0.4, 0.5) is 4.79 Å². The molecule has 19 heavy (non-hydrogen) atoms. The molecule has 4 nitrogen and oxygen atoms in total. The first-order valence-corrected chi connectivity index (χ1v) is 8.05. The Morgan fingerprint density at radius 2 is 2.32 bits per heavy atom. The number of likely N-dealkylation sites (tertiary alicyclic amines) is 1. The van der Waals surface area contributed by atoms with Crippen molar-refractivity contribution < 1.29 is 9.53 Å². The second-order valence-corrected chi connectivity index (χ2v) is 8.21. The van der Waals surface area contributed by atoms with E-state index < -0.39 is 5.60 Å². The van der Waals surface area contributed by atoms with Gasteiger partial charge in [-0.15, -0.1) is 11.3 Å². The van der Waals surface area contributed by atoms with Gasteiger partial charge in [0.15, 0.2) is 0 Å². The zero-order valence-electron chi connectivity index (χ0n) is 11.5. The largest absolute Gasteiger partial charge is 0.444 e. The molecule has 1 saturated heterocycles. The third-order valence-electron chi connectivity index (χ3n) is 2.92. The van der Waals surface area contributed by atoms with Gasteiger partial charge in [-0.25, -0.2) is 9.78 Å². The SMILES string of the molecule is CC(C)(C)OC(=O)N1CCCC(c2ncc(Br)s2)C1. The highest BCUT2D eigenvalue weighted by molar-refractivity contribution is 9.11. The molecule has 0 aliphatic carbocycles. The molecule has 0 N–H and O–H groups in total. The lowest BCUT2D eigenvalue weighted by molar-refractivity contribution is 0.0198. The highest BCUT2D eigenvalue weighted by Crippen LogP contribution is 2.32. The summed E-state index contributed by atoms with van der Waals surface area (Å²) in [5.41, 5.74) is -0.436. The molecule has 1 atom stereocenters. The number of aromatic nitrogens is 1. The van der Waals surface area contributed by atoms with Crippen LogP contribution in [0, 0.1) is 0 Å². The Morgan fingerprint density at radius 1 is 1.58 bits per heavy atom. The summed E-state index contributed by atoms with van der Waals surface area (Å²) in [6, 6.07) is 0. The lowest BCUT2D eigenvalue weighted by Gasteiger charge is -2.33. The number of hydrogen-bond donors (Lipinski definition) is 0. The van der Waals surface area contributed by atoms with Crippen LogP contribution in [-0.4, -0.2) is 34.7 Å². The van der Waals surface area contributed by atoms with Crippen LogP contribution < -0.4 is 0 Å². The fourth-order valence-corrected chi connectivity index (χ4v) is 3.50. The topological polar surface area (TPSA) is 42.4 Å². The Morgan fingerprint density at radius 3 is 2.89 bits per heavy atom. The van der Waals surface area contributed by atoms with E-state index in [-0.39, 0.29) is 6.09 Å². The van der Waals surface area contributed by atoms with Crippen molar-refractivity contribution in [2.45, 2.75) is 45.1 Å². The summed E-state index contributed by atoms with van der Waals surface area (Å²) in [5.74, 6) is 0.331. The maximum Gasteiger partial charge on any atom is 0.410 e. The van der Waals surface area contributed by atoms with Gasteiger partial charge in [-0.05, 0) is 49.5 Å². The first-order valence-electron chi connectivity index (χ1n) is 6.44. The minimum atomic E-state index is -0.436. The van der Waals surface area contributed by atoms with Crippen LogP contribution in [0.1, 0.15) is 44.5 Å². The molecule has 0 aromatic carbocycles. The van der Waals surface area contributed by atoms with Gasteiger partial charge in [0, 0.05) is 19.0 Å². The van der Waals surface area contributed by atoms with Gasteiger partial charge in [0.2, 0.25) is 0 Å². The number of amides is 1. The van der Waals surface area contributed by atoms with E-state index >= 15 is 0 Å². The standard InChI is InChI=1S/C13H19BrN2O2S/c1-13(2,3)18-12(17)16-6-4-5-9(8-16)11-15-7-10(14)19-11/h7,9H,4-6,8H2,1-3H3. The Labute approximate surface area is 126 Å². The van der Waals surface area contributed by atoms with Crippen LogP contribution in [0.15, 0.2) is 9.98 Å². The average Bonchev–Trinajstić information content (AvgIpc) is 2.74. The molecule has 0 spiro atoms. The van der Waals surface area contributed by atoms with Crippen molar-refractivity contribution in [1.29, 1.82) is 0 Å². The molecule has 0 saturated carbocycles. The molecule has 1 aromatic heterocycles. The van der Waals surface area contributed by atoms with Gasteiger partial charge in [0.25, 0.3) is 0 Å². The minimum Gasteiger partial charge on any atom is -0.444 e. The Kier molecular flexibility index (Phi) is 4.50. The number of nitrogens with zero attached hydrogens (tertiary/aromatic N) is 2. The van der Waals surface area contributed by atoms with Crippen molar-refractivity contribution in [2.24, 2.45) is 0 Å². The lowest BCUT2D eigenvalue weighted by Crippen LogP contribution is -2.42. The van der Waals surface area contributed by atoms with Crippen molar-refractivity contribution in [2.75, 3.05) is 13.1 Å². The summed E-state index contributed by atoms with van der Waals surface area (Å²) >= 11 is 5.08. The van der Waals surface area contributed by atoms with Crippen LogP contribution in [0.3, 0.4) is 0 Å². The van der Waals surface area contributed by atoms with E-state index in [1.54, 1.807) is 16.2 Å². The summed E-state index contributed by atoms with van der Waals surface area (Å²) < 4.78 is 6.47. The molecule has 2 rings (SSSR count). The monoisotopic (exact) mass is 346 g/mol. The predicted molar refractivity (Wildman–Crippen MR) is 79.6 cm³/mol. The molecular weight excluding hydrogens is 328 g/mol. The molecule has 1 aliphatic rings. The molecular formula is C13H19BrN2O2S. The van der Waals surface area contributed by atoms with Gasteiger partial charge in [-0.1, -0.05) is 0 Å². The number of piperidine rings is 1. The molecule has 1 amide bonds. The maximum absolute atomic E-state index is 12.1. The fourth-order valence-electron chi connectivity index (χ4n) is 2.13. The highest BCUT2D eigenvalue weighted by Gasteiger charge is 2.29. The Hall–Kier alpha value is -0.620. The summed E-state index contributed by atoms with van der Waals surface area (Å²) in [6.07, 6.45) is 3.69. The first-order chi connectivity index (χ1) is 8.85. The third-order valence-corrected chi connectivity index (χ3v) is 4.56. The maximum atomic E-state index is 12.1. The average molecular weight is 347 g/mol. The van der Waals surface area contributed by atoms with Gasteiger partial charge in [0.1, 0.15) is 5.60 Å². The molecule has 1 fully saturated rings. The van der Waals surface area contributed by atoms with Gasteiger partial charge in [-0.3, -0.25) is 0 Å². The second kappa shape index (κ2) is 5.79. The fraction of sp³-hybridized carbons (Fsp3) is 0.692. The van der Waals surface area contributed by atoms with Gasteiger partial charge >= 0.3 is 6.09 Å². The van der Waals surface area contributed by atoms with Crippen molar-refractivity contribution in [3.63, 3.8) is 0 Å². The van der Waals surface area contributed by atoms with E-state index in [0.717, 1.165) is 28.2 Å². The molecule has 106 valence electrons.